The van der Waals surface area contributed by atoms with Crippen LogP contribution in [0.5, 0.6) is 5.75 Å². The molecule has 18 nitrogen and oxygen atoms in total. The number of Topliss-reactive ketones (excluding diaryl/α,β-unsaturated/α-hetero) is 2. The number of aromatic hydroxyl groups is 1. The molecule has 5 amide bonds. The summed E-state index contributed by atoms with van der Waals surface area (Å²) in [4.78, 5) is 105. The van der Waals surface area contributed by atoms with Gasteiger partial charge < -0.3 is 53.4 Å². The van der Waals surface area contributed by atoms with Gasteiger partial charge in [0.25, 0.3) is 0 Å². The van der Waals surface area contributed by atoms with Crippen molar-refractivity contribution in [2.24, 2.45) is 23.3 Å². The van der Waals surface area contributed by atoms with Crippen molar-refractivity contribution in [2.75, 3.05) is 13.1 Å². The van der Waals surface area contributed by atoms with Crippen molar-refractivity contribution in [1.82, 2.24) is 26.6 Å². The molecule has 1 unspecified atom stereocenters. The maximum Gasteiger partial charge on any atom is 0.326 e. The lowest BCUT2D eigenvalue weighted by molar-refractivity contribution is -0.144. The lowest BCUT2D eigenvalue weighted by Crippen LogP contribution is -2.59. The minimum Gasteiger partial charge on any atom is -0.508 e. The van der Waals surface area contributed by atoms with Gasteiger partial charge in [-0.2, -0.15) is 0 Å². The van der Waals surface area contributed by atoms with Crippen LogP contribution < -0.4 is 38.1 Å². The number of unbranched alkanes of at least 4 members (excludes halogenated alkanes) is 1. The van der Waals surface area contributed by atoms with Gasteiger partial charge in [0, 0.05) is 38.1 Å². The summed E-state index contributed by atoms with van der Waals surface area (Å²) in [6.45, 7) is 5.00. The molecule has 18 heteroatoms. The molecule has 0 aromatic heterocycles. The average Bonchev–Trinajstić information content (AvgIpc) is 3.16. The van der Waals surface area contributed by atoms with Crippen LogP contribution in [-0.4, -0.2) is 112 Å². The fraction of sp³-hybridized carbons (Fsp3) is 0.650. The van der Waals surface area contributed by atoms with Gasteiger partial charge in [0.15, 0.2) is 5.78 Å². The van der Waals surface area contributed by atoms with Crippen molar-refractivity contribution < 1.29 is 53.7 Å². The highest BCUT2D eigenvalue weighted by molar-refractivity contribution is 5.96. The molecule has 0 bridgehead atoms. The smallest absolute Gasteiger partial charge is 0.326 e. The summed E-state index contributed by atoms with van der Waals surface area (Å²) < 4.78 is 0. The zero-order valence-electron chi connectivity index (χ0n) is 33.8. The summed E-state index contributed by atoms with van der Waals surface area (Å²) in [5.41, 5.74) is 12.6. The van der Waals surface area contributed by atoms with Crippen LogP contribution in [0.2, 0.25) is 0 Å². The summed E-state index contributed by atoms with van der Waals surface area (Å²) in [5, 5.41) is 42.8. The summed E-state index contributed by atoms with van der Waals surface area (Å²) in [7, 11) is 0. The number of aliphatic hydroxyl groups is 1. The summed E-state index contributed by atoms with van der Waals surface area (Å²) in [6.07, 6.45) is 0.296. The first-order valence-electron chi connectivity index (χ1n) is 20.1. The van der Waals surface area contributed by atoms with Crippen molar-refractivity contribution >= 4 is 47.1 Å². The minimum absolute atomic E-state index is 0.0273. The van der Waals surface area contributed by atoms with Gasteiger partial charge in [-0.3, -0.25) is 33.6 Å². The topological polar surface area (TPSA) is 309 Å². The van der Waals surface area contributed by atoms with Gasteiger partial charge in [-0.1, -0.05) is 32.4 Å². The van der Waals surface area contributed by atoms with Crippen LogP contribution in [0.4, 0.5) is 0 Å². The molecule has 1 fully saturated rings. The zero-order valence-corrected chi connectivity index (χ0v) is 33.8. The first kappa shape index (κ1) is 49.2. The second kappa shape index (κ2) is 25.4. The predicted molar refractivity (Wildman–Crippen MR) is 213 cm³/mol. The van der Waals surface area contributed by atoms with Gasteiger partial charge in [-0.05, 0) is 88.4 Å². The first-order chi connectivity index (χ1) is 27.4. The molecule has 1 saturated heterocycles. The zero-order chi connectivity index (χ0) is 43.4. The van der Waals surface area contributed by atoms with Crippen molar-refractivity contribution in [3.8, 4) is 5.75 Å². The number of phenols is 1. The lowest BCUT2D eigenvalue weighted by Gasteiger charge is -2.28. The van der Waals surface area contributed by atoms with E-state index < -0.39 is 83.5 Å². The molecule has 2 rings (SSSR count). The second-order valence-corrected chi connectivity index (χ2v) is 15.3. The number of phenolic OH excluding ortho intramolecular Hbond substituents is 1. The second-order valence-electron chi connectivity index (χ2n) is 15.3. The van der Waals surface area contributed by atoms with Crippen molar-refractivity contribution in [1.29, 1.82) is 0 Å². The van der Waals surface area contributed by atoms with Gasteiger partial charge in [0.1, 0.15) is 29.7 Å². The number of nitrogens with one attached hydrogen (secondary N) is 5. The molecule has 0 spiro atoms. The van der Waals surface area contributed by atoms with Gasteiger partial charge in [0.05, 0.1) is 18.2 Å². The molecule has 0 aliphatic carbocycles. The van der Waals surface area contributed by atoms with Crippen LogP contribution in [-0.2, 0) is 44.8 Å². The molecule has 1 aromatic rings. The Kier molecular flexibility index (Phi) is 21.6. The van der Waals surface area contributed by atoms with E-state index in [0.29, 0.717) is 37.8 Å². The molecule has 1 aliphatic rings. The molecule has 1 aliphatic heterocycles. The largest absolute Gasteiger partial charge is 0.508 e. The number of carboxylic acid groups (broad SMARTS) is 1. The number of nitrogens with two attached hydrogens (primary N) is 2. The summed E-state index contributed by atoms with van der Waals surface area (Å²) in [5.74, 6) is -7.16. The Morgan fingerprint density at radius 3 is 2.19 bits per heavy atom. The Balaban J connectivity index is 2.38. The SMILES string of the molecule is CC(C)[C@H](NC(=O)[C@@H]1CCC(=O)CCCC(=O)NCCCC[C@H](CC(=O)[C@H](CCCCN)NC(=O)[C@@H](N)Cc2ccc(O)cc2)C(=O)N[C@@H](C(C)O)C(=O)N1)C(=O)O. The molecule has 12 N–H and O–H groups in total. The van der Waals surface area contributed by atoms with E-state index in [1.807, 2.05) is 0 Å². The molecule has 0 saturated carbocycles. The highest BCUT2D eigenvalue weighted by atomic mass is 16.4. The Labute approximate surface area is 339 Å². The van der Waals surface area contributed by atoms with Crippen LogP contribution in [0.1, 0.15) is 103 Å². The van der Waals surface area contributed by atoms with Crippen LogP contribution in [0, 0.1) is 11.8 Å². The predicted octanol–water partition coefficient (Wildman–Crippen LogP) is -0.153. The third kappa shape index (κ3) is 17.7. The number of aliphatic carboxylic acids is 1. The number of carbonyl (C=O) groups excluding carboxylic acids is 7. The monoisotopic (exact) mass is 817 g/mol. The third-order valence-electron chi connectivity index (χ3n) is 10.00. The van der Waals surface area contributed by atoms with E-state index in [-0.39, 0.29) is 81.8 Å². The third-order valence-corrected chi connectivity index (χ3v) is 10.00. The quantitative estimate of drug-likeness (QED) is 0.0972. The van der Waals surface area contributed by atoms with Crippen LogP contribution in [0.25, 0.3) is 0 Å². The van der Waals surface area contributed by atoms with E-state index in [9.17, 15) is 53.7 Å². The number of benzene rings is 1. The van der Waals surface area contributed by atoms with Gasteiger partial charge in [-0.15, -0.1) is 0 Å². The van der Waals surface area contributed by atoms with E-state index in [4.69, 9.17) is 11.5 Å². The number of ketones is 2. The Hall–Kier alpha value is -4.94. The van der Waals surface area contributed by atoms with E-state index in [1.54, 1.807) is 26.0 Å². The van der Waals surface area contributed by atoms with E-state index in [2.05, 4.69) is 26.6 Å². The summed E-state index contributed by atoms with van der Waals surface area (Å²) >= 11 is 0. The number of aliphatic hydroxyl groups excluding tert-OH is 1. The maximum absolute atomic E-state index is 13.9. The first-order valence-corrected chi connectivity index (χ1v) is 20.1. The highest BCUT2D eigenvalue weighted by Crippen LogP contribution is 2.19. The van der Waals surface area contributed by atoms with Gasteiger partial charge >= 0.3 is 5.97 Å². The lowest BCUT2D eigenvalue weighted by atomic mass is 9.90. The average molecular weight is 818 g/mol. The Bertz CT molecular complexity index is 1550. The molecular formula is C40H63N7O11. The number of rotatable bonds is 16. The summed E-state index contributed by atoms with van der Waals surface area (Å²) in [6, 6.07) is -0.289. The normalized spacial score (nSPS) is 21.4. The maximum atomic E-state index is 13.9. The number of hydrogen-bond acceptors (Lipinski definition) is 12. The number of hydrogen-bond donors (Lipinski definition) is 10. The van der Waals surface area contributed by atoms with Crippen LogP contribution in [0.15, 0.2) is 24.3 Å². The molecule has 7 atom stereocenters. The van der Waals surface area contributed by atoms with E-state index >= 15 is 0 Å². The Morgan fingerprint density at radius 1 is 0.879 bits per heavy atom. The standard InChI is InChI=1S/C40H63N7O11/c1-23(2)34(40(57)58)46-38(55)31-18-17-27(49)10-8-12-33(52)43-20-7-5-9-26(36(53)47-35(24(3)48)39(56)45-31)22-32(51)30(11-4-6-19-41)44-37(54)29(42)21-25-13-15-28(50)16-14-25/h13-16,23-24,26,29-31,34-35,48,50H,4-12,17-22,41-42H2,1-3H3,(H,43,52)(H,44,54)(H,45,56)(H,46,55)(H,47,53)(H,57,58)/t24?,26-,29+,30+,31+,34+,35+/m1/s1. The van der Waals surface area contributed by atoms with Crippen LogP contribution >= 0.6 is 0 Å². The molecule has 1 aromatic carbocycles. The molecule has 58 heavy (non-hydrogen) atoms. The number of carboxylic acids is 1. The van der Waals surface area contributed by atoms with Gasteiger partial charge in [-0.25, -0.2) is 4.79 Å². The fourth-order valence-electron chi connectivity index (χ4n) is 6.46. The van der Waals surface area contributed by atoms with Crippen molar-refractivity contribution in [3.05, 3.63) is 29.8 Å². The number of amides is 5. The van der Waals surface area contributed by atoms with E-state index in [0.717, 1.165) is 0 Å². The van der Waals surface area contributed by atoms with Crippen LogP contribution in [0.3, 0.4) is 0 Å². The van der Waals surface area contributed by atoms with Crippen molar-refractivity contribution in [2.45, 2.75) is 141 Å². The molecule has 0 radical (unpaired) electrons. The van der Waals surface area contributed by atoms with E-state index in [1.165, 1.54) is 19.1 Å². The number of carbonyl (C=O) groups is 8. The van der Waals surface area contributed by atoms with Gasteiger partial charge in [0.2, 0.25) is 29.5 Å². The Morgan fingerprint density at radius 2 is 1.57 bits per heavy atom. The minimum atomic E-state index is -1.63. The highest BCUT2D eigenvalue weighted by Gasteiger charge is 2.35. The molecule has 324 valence electrons. The fourth-order valence-corrected chi connectivity index (χ4v) is 6.46. The molecule has 1 heterocycles. The molecular weight excluding hydrogens is 754 g/mol. The van der Waals surface area contributed by atoms with Crippen molar-refractivity contribution in [3.63, 3.8) is 0 Å².